The summed E-state index contributed by atoms with van der Waals surface area (Å²) in [6.07, 6.45) is 5.04. The monoisotopic (exact) mass is 431 g/mol. The highest BCUT2D eigenvalue weighted by atomic mass is 32.2. The molecule has 0 N–H and O–H groups in total. The number of piperidine rings is 1. The number of benzene rings is 1. The Labute approximate surface area is 175 Å². The van der Waals surface area contributed by atoms with Gasteiger partial charge in [0, 0.05) is 32.8 Å². The summed E-state index contributed by atoms with van der Waals surface area (Å²) in [5.41, 5.74) is 1.14. The van der Waals surface area contributed by atoms with E-state index in [1.165, 1.54) is 16.8 Å². The second kappa shape index (κ2) is 8.57. The second-order valence-corrected chi connectivity index (χ2v) is 9.43. The van der Waals surface area contributed by atoms with Crippen LogP contribution in [-0.2, 0) is 23.5 Å². The maximum atomic E-state index is 12.8. The first-order valence-electron chi connectivity index (χ1n) is 9.92. The predicted molar refractivity (Wildman–Crippen MR) is 109 cm³/mol. The molecule has 1 aliphatic heterocycles. The van der Waals surface area contributed by atoms with Crippen LogP contribution in [0.15, 0.2) is 46.3 Å². The Hall–Kier alpha value is -2.72. The van der Waals surface area contributed by atoms with Gasteiger partial charge in [0.15, 0.2) is 10.9 Å². The van der Waals surface area contributed by atoms with Crippen molar-refractivity contribution in [1.82, 2.24) is 24.0 Å². The lowest BCUT2D eigenvalue weighted by atomic mass is 10.00. The second-order valence-electron chi connectivity index (χ2n) is 7.54. The van der Waals surface area contributed by atoms with E-state index in [4.69, 9.17) is 9.26 Å². The van der Waals surface area contributed by atoms with Gasteiger partial charge in [-0.1, -0.05) is 17.3 Å². The van der Waals surface area contributed by atoms with Crippen LogP contribution in [0.3, 0.4) is 0 Å². The fourth-order valence-corrected chi connectivity index (χ4v) is 5.01. The van der Waals surface area contributed by atoms with Gasteiger partial charge < -0.3 is 13.8 Å². The minimum absolute atomic E-state index is 0.0603. The molecule has 4 rings (SSSR count). The number of hydrogen-bond acceptors (Lipinski definition) is 7. The van der Waals surface area contributed by atoms with E-state index < -0.39 is 10.0 Å². The number of sulfonamides is 1. The number of rotatable bonds is 7. The lowest BCUT2D eigenvalue weighted by Gasteiger charge is -2.29. The lowest BCUT2D eigenvalue weighted by molar-refractivity contribution is 0.264. The first-order valence-corrected chi connectivity index (χ1v) is 11.4. The highest BCUT2D eigenvalue weighted by molar-refractivity contribution is 7.89. The Bertz CT molecular complexity index is 1110. The van der Waals surface area contributed by atoms with E-state index in [1.54, 1.807) is 11.6 Å². The third-order valence-corrected chi connectivity index (χ3v) is 6.84. The molecule has 3 aromatic rings. The van der Waals surface area contributed by atoms with Crippen molar-refractivity contribution >= 4 is 10.0 Å². The molecule has 9 nitrogen and oxygen atoms in total. The Kier molecular flexibility index (Phi) is 5.87. The molecule has 30 heavy (non-hydrogen) atoms. The summed E-state index contributed by atoms with van der Waals surface area (Å²) >= 11 is 0. The van der Waals surface area contributed by atoms with Crippen LogP contribution < -0.4 is 4.74 Å². The van der Waals surface area contributed by atoms with Crippen LogP contribution in [-0.4, -0.2) is 52.1 Å². The van der Waals surface area contributed by atoms with Gasteiger partial charge in [0.05, 0.1) is 18.9 Å². The topological polar surface area (TPSA) is 103 Å². The van der Waals surface area contributed by atoms with Crippen LogP contribution in [0.1, 0.15) is 36.0 Å². The quantitative estimate of drug-likeness (QED) is 0.565. The Balaban J connectivity index is 1.37. The predicted octanol–water partition coefficient (Wildman–Crippen LogP) is 2.30. The largest absolute Gasteiger partial charge is 0.493 e. The number of aromatic nitrogens is 4. The van der Waals surface area contributed by atoms with E-state index >= 15 is 0 Å². The number of hydrogen-bond donors (Lipinski definition) is 0. The maximum Gasteiger partial charge on any atom is 0.262 e. The molecule has 2 aromatic heterocycles. The first-order chi connectivity index (χ1) is 14.4. The van der Waals surface area contributed by atoms with E-state index in [1.807, 2.05) is 31.2 Å². The van der Waals surface area contributed by atoms with Gasteiger partial charge in [-0.25, -0.2) is 13.4 Å². The highest BCUT2D eigenvalue weighted by Gasteiger charge is 2.34. The van der Waals surface area contributed by atoms with Crippen LogP contribution >= 0.6 is 0 Å². The van der Waals surface area contributed by atoms with E-state index in [0.717, 1.165) is 24.2 Å². The molecule has 1 atom stereocenters. The van der Waals surface area contributed by atoms with Gasteiger partial charge in [-0.15, -0.1) is 0 Å². The van der Waals surface area contributed by atoms with Crippen LogP contribution in [0.25, 0.3) is 0 Å². The molecular formula is C20H25N5O4S. The van der Waals surface area contributed by atoms with Crippen molar-refractivity contribution in [1.29, 1.82) is 0 Å². The lowest BCUT2D eigenvalue weighted by Crippen LogP contribution is -2.39. The number of imidazole rings is 1. The minimum Gasteiger partial charge on any atom is -0.493 e. The van der Waals surface area contributed by atoms with Crippen LogP contribution in [0.4, 0.5) is 0 Å². The zero-order valence-corrected chi connectivity index (χ0v) is 17.9. The maximum absolute atomic E-state index is 12.8. The van der Waals surface area contributed by atoms with Crippen molar-refractivity contribution in [2.24, 2.45) is 7.05 Å². The van der Waals surface area contributed by atoms with Gasteiger partial charge in [0.25, 0.3) is 10.0 Å². The number of nitrogens with zero attached hydrogens (tertiary/aromatic N) is 5. The molecule has 10 heteroatoms. The van der Waals surface area contributed by atoms with Gasteiger partial charge in [-0.05, 0) is 37.5 Å². The van der Waals surface area contributed by atoms with Gasteiger partial charge in [0.1, 0.15) is 5.75 Å². The summed E-state index contributed by atoms with van der Waals surface area (Å²) in [5, 5.41) is 4.10. The average Bonchev–Trinajstić information content (AvgIpc) is 3.38. The zero-order valence-electron chi connectivity index (χ0n) is 17.1. The van der Waals surface area contributed by atoms with Crippen LogP contribution in [0.2, 0.25) is 0 Å². The summed E-state index contributed by atoms with van der Waals surface area (Å²) in [4.78, 5) is 8.47. The molecule has 1 aliphatic rings. The highest BCUT2D eigenvalue weighted by Crippen LogP contribution is 2.29. The smallest absolute Gasteiger partial charge is 0.262 e. The molecule has 3 heterocycles. The summed E-state index contributed by atoms with van der Waals surface area (Å²) < 4.78 is 40.0. The standard InChI is InChI=1S/C20H25N5O4S/c1-15-5-3-7-17(11-15)28-10-8-18-22-20(29-23-18)16-6-4-9-25(12-16)30(26,27)19-13-24(2)14-21-19/h3,5,7,11,13-14,16H,4,6,8-10,12H2,1-2H3. The van der Waals surface area contributed by atoms with Gasteiger partial charge in [-0.2, -0.15) is 9.29 Å². The van der Waals surface area contributed by atoms with Crippen molar-refractivity contribution in [2.45, 2.75) is 37.1 Å². The number of ether oxygens (including phenoxy) is 1. The summed E-state index contributed by atoms with van der Waals surface area (Å²) in [5.74, 6) is 1.71. The van der Waals surface area contributed by atoms with Crippen molar-refractivity contribution in [3.8, 4) is 5.75 Å². The van der Waals surface area contributed by atoms with E-state index in [2.05, 4.69) is 15.1 Å². The molecule has 0 radical (unpaired) electrons. The van der Waals surface area contributed by atoms with E-state index in [9.17, 15) is 8.42 Å². The summed E-state index contributed by atoms with van der Waals surface area (Å²) in [6, 6.07) is 7.85. The van der Waals surface area contributed by atoms with Crippen molar-refractivity contribution in [2.75, 3.05) is 19.7 Å². The van der Waals surface area contributed by atoms with Crippen LogP contribution in [0.5, 0.6) is 5.75 Å². The van der Waals surface area contributed by atoms with Crippen molar-refractivity contribution in [3.63, 3.8) is 0 Å². The molecule has 1 aromatic carbocycles. The molecule has 1 unspecified atom stereocenters. The van der Waals surface area contributed by atoms with Gasteiger partial charge >= 0.3 is 0 Å². The molecule has 0 spiro atoms. The van der Waals surface area contributed by atoms with E-state index in [0.29, 0.717) is 37.8 Å². The summed E-state index contributed by atoms with van der Waals surface area (Å²) in [7, 11) is -1.89. The molecule has 160 valence electrons. The Morgan fingerprint density at radius 2 is 2.20 bits per heavy atom. The molecule has 0 saturated carbocycles. The Morgan fingerprint density at radius 1 is 1.33 bits per heavy atom. The first kappa shape index (κ1) is 20.5. The molecule has 0 aliphatic carbocycles. The molecule has 0 bridgehead atoms. The van der Waals surface area contributed by atoms with Gasteiger partial charge in [-0.3, -0.25) is 0 Å². The normalized spacial score (nSPS) is 17.9. The molecule has 1 fully saturated rings. The van der Waals surface area contributed by atoms with Gasteiger partial charge in [0.2, 0.25) is 5.89 Å². The average molecular weight is 432 g/mol. The molecule has 1 saturated heterocycles. The third-order valence-electron chi connectivity index (χ3n) is 5.09. The summed E-state index contributed by atoms with van der Waals surface area (Å²) in [6.45, 7) is 3.22. The molecule has 0 amide bonds. The molecular weight excluding hydrogens is 406 g/mol. The number of aryl methyl sites for hydroxylation is 2. The SMILES string of the molecule is Cc1cccc(OCCc2noc(C3CCCN(S(=O)(=O)c4cn(C)cn4)C3)n2)c1. The fourth-order valence-electron chi connectivity index (χ4n) is 3.52. The fraction of sp³-hybridized carbons (Fsp3) is 0.450. The zero-order chi connectivity index (χ0) is 21.1. The van der Waals surface area contributed by atoms with Crippen molar-refractivity contribution in [3.05, 3.63) is 54.1 Å². The van der Waals surface area contributed by atoms with E-state index in [-0.39, 0.29) is 10.9 Å². The van der Waals surface area contributed by atoms with Crippen LogP contribution in [0, 0.1) is 6.92 Å². The third kappa shape index (κ3) is 4.54. The van der Waals surface area contributed by atoms with Crippen molar-refractivity contribution < 1.29 is 17.7 Å². The minimum atomic E-state index is -3.63. The Morgan fingerprint density at radius 3 is 2.97 bits per heavy atom.